The highest BCUT2D eigenvalue weighted by atomic mass is 32.2. The van der Waals surface area contributed by atoms with Gasteiger partial charge in [0.2, 0.25) is 0 Å². The summed E-state index contributed by atoms with van der Waals surface area (Å²) in [5.74, 6) is -0.317. The van der Waals surface area contributed by atoms with Gasteiger partial charge in [-0.2, -0.15) is 0 Å². The summed E-state index contributed by atoms with van der Waals surface area (Å²) in [7, 11) is -3.57. The molecule has 0 aliphatic carbocycles. The maximum absolute atomic E-state index is 12.5. The van der Waals surface area contributed by atoms with Gasteiger partial charge in [0.25, 0.3) is 0 Å². The van der Waals surface area contributed by atoms with Crippen LogP contribution in [0.2, 0.25) is 0 Å². The van der Waals surface area contributed by atoms with Crippen LogP contribution in [0.25, 0.3) is 0 Å². The van der Waals surface area contributed by atoms with Crippen molar-refractivity contribution in [3.63, 3.8) is 0 Å². The highest BCUT2D eigenvalue weighted by Crippen LogP contribution is 2.28. The third-order valence-electron chi connectivity index (χ3n) is 4.02. The van der Waals surface area contributed by atoms with Crippen LogP contribution >= 0.6 is 0 Å². The van der Waals surface area contributed by atoms with Crippen molar-refractivity contribution in [2.24, 2.45) is 0 Å². The molecule has 22 heavy (non-hydrogen) atoms. The molecule has 2 rings (SSSR count). The fourth-order valence-corrected chi connectivity index (χ4v) is 4.07. The highest BCUT2D eigenvalue weighted by molar-refractivity contribution is 7.92. The lowest BCUT2D eigenvalue weighted by molar-refractivity contribution is -0.119. The number of ketones is 1. The Hall–Kier alpha value is -1.94. The van der Waals surface area contributed by atoms with E-state index in [-0.39, 0.29) is 18.6 Å². The van der Waals surface area contributed by atoms with Gasteiger partial charge in [0, 0.05) is 6.26 Å². The first kappa shape index (κ1) is 16.4. The van der Waals surface area contributed by atoms with Gasteiger partial charge in [-0.15, -0.1) is 0 Å². The molecule has 0 aliphatic heterocycles. The summed E-state index contributed by atoms with van der Waals surface area (Å²) in [6, 6.07) is 18.6. The third-order valence-corrected chi connectivity index (χ3v) is 6.01. The van der Waals surface area contributed by atoms with Crippen molar-refractivity contribution in [3.05, 3.63) is 71.8 Å². The zero-order valence-electron chi connectivity index (χ0n) is 12.8. The van der Waals surface area contributed by atoms with E-state index in [1.807, 2.05) is 60.7 Å². The molecule has 0 spiro atoms. The van der Waals surface area contributed by atoms with E-state index >= 15 is 0 Å². The van der Waals surface area contributed by atoms with E-state index in [4.69, 9.17) is 0 Å². The normalized spacial score (nSPS) is 12.1. The molecule has 0 bridgehead atoms. The predicted octanol–water partition coefficient (Wildman–Crippen LogP) is 2.84. The fraction of sp³-hybridized carbons (Fsp3) is 0.278. The molecule has 0 amide bonds. The van der Waals surface area contributed by atoms with Gasteiger partial charge in [0.15, 0.2) is 15.6 Å². The number of carbonyl (C=O) groups excluding carboxylic acids is 1. The van der Waals surface area contributed by atoms with E-state index in [0.29, 0.717) is 0 Å². The second-order valence-corrected chi connectivity index (χ2v) is 7.97. The minimum Gasteiger partial charge on any atom is -0.298 e. The Morgan fingerprint density at radius 2 is 1.23 bits per heavy atom. The molecule has 0 fully saturated rings. The van der Waals surface area contributed by atoms with Crippen molar-refractivity contribution in [2.75, 3.05) is 6.26 Å². The van der Waals surface area contributed by atoms with Crippen molar-refractivity contribution in [2.45, 2.75) is 24.5 Å². The lowest BCUT2D eigenvalue weighted by Gasteiger charge is -2.30. The topological polar surface area (TPSA) is 51.2 Å². The van der Waals surface area contributed by atoms with Crippen molar-refractivity contribution < 1.29 is 13.2 Å². The summed E-state index contributed by atoms with van der Waals surface area (Å²) in [6.07, 6.45) is 1.54. The summed E-state index contributed by atoms with van der Waals surface area (Å²) in [6.45, 7) is 1.37. The maximum atomic E-state index is 12.5. The van der Waals surface area contributed by atoms with Crippen LogP contribution in [0, 0.1) is 0 Å². The van der Waals surface area contributed by atoms with Gasteiger partial charge in [0.1, 0.15) is 4.75 Å². The summed E-state index contributed by atoms with van der Waals surface area (Å²) >= 11 is 0. The minimum absolute atomic E-state index is 0.191. The first-order chi connectivity index (χ1) is 10.3. The van der Waals surface area contributed by atoms with Gasteiger partial charge < -0.3 is 0 Å². The first-order valence-corrected chi connectivity index (χ1v) is 9.03. The van der Waals surface area contributed by atoms with Crippen LogP contribution in [0.15, 0.2) is 60.7 Å². The minimum atomic E-state index is -3.57. The van der Waals surface area contributed by atoms with E-state index in [1.165, 1.54) is 6.92 Å². The van der Waals surface area contributed by atoms with Crippen LogP contribution in [-0.4, -0.2) is 25.2 Å². The molecule has 3 nitrogen and oxygen atoms in total. The Bertz CT molecular complexity index is 693. The smallest absolute Gasteiger partial charge is 0.160 e. The molecule has 116 valence electrons. The van der Waals surface area contributed by atoms with Gasteiger partial charge in [-0.05, 0) is 30.9 Å². The van der Waals surface area contributed by atoms with Gasteiger partial charge in [-0.1, -0.05) is 60.7 Å². The Balaban J connectivity index is 2.50. The second-order valence-electron chi connectivity index (χ2n) is 5.65. The molecule has 2 aromatic rings. The van der Waals surface area contributed by atoms with Crippen LogP contribution < -0.4 is 0 Å². The number of hydrogen-bond donors (Lipinski definition) is 0. The molecule has 0 heterocycles. The second kappa shape index (κ2) is 6.44. The van der Waals surface area contributed by atoms with E-state index in [1.54, 1.807) is 0 Å². The zero-order valence-corrected chi connectivity index (χ0v) is 13.6. The maximum Gasteiger partial charge on any atom is 0.160 e. The average molecular weight is 316 g/mol. The summed E-state index contributed by atoms with van der Waals surface area (Å²) in [5.41, 5.74) is 1.69. The molecule has 0 atom stereocenters. The van der Waals surface area contributed by atoms with Gasteiger partial charge in [-0.3, -0.25) is 4.79 Å². The Kier molecular flexibility index (Phi) is 4.81. The van der Waals surface area contributed by atoms with E-state index in [0.717, 1.165) is 17.4 Å². The lowest BCUT2D eigenvalue weighted by atomic mass is 9.88. The van der Waals surface area contributed by atoms with Crippen LogP contribution in [-0.2, 0) is 27.5 Å². The van der Waals surface area contributed by atoms with Gasteiger partial charge in [-0.25, -0.2) is 8.42 Å². The fourth-order valence-electron chi connectivity index (χ4n) is 2.69. The molecule has 0 aliphatic rings. The molecule has 2 aromatic carbocycles. The third kappa shape index (κ3) is 3.45. The number of hydrogen-bond acceptors (Lipinski definition) is 3. The molecule has 4 heteroatoms. The molecule has 0 aromatic heterocycles. The van der Waals surface area contributed by atoms with E-state index in [2.05, 4.69) is 0 Å². The number of benzene rings is 2. The summed E-state index contributed by atoms with van der Waals surface area (Å²) in [5, 5.41) is 0. The number of rotatable bonds is 6. The average Bonchev–Trinajstić information content (AvgIpc) is 2.47. The molecule has 0 saturated heterocycles. The summed E-state index contributed by atoms with van der Waals surface area (Å²) < 4.78 is 23.5. The van der Waals surface area contributed by atoms with Crippen molar-refractivity contribution >= 4 is 15.6 Å². The van der Waals surface area contributed by atoms with Crippen LogP contribution in [0.1, 0.15) is 18.1 Å². The first-order valence-electron chi connectivity index (χ1n) is 7.14. The van der Waals surface area contributed by atoms with E-state index in [9.17, 15) is 13.2 Å². The molecule has 0 saturated carbocycles. The van der Waals surface area contributed by atoms with Gasteiger partial charge in [0.05, 0.1) is 0 Å². The monoisotopic (exact) mass is 316 g/mol. The molecule has 0 radical (unpaired) electrons. The Labute approximate surface area is 131 Å². The van der Waals surface area contributed by atoms with Crippen molar-refractivity contribution in [3.8, 4) is 0 Å². The van der Waals surface area contributed by atoms with Crippen molar-refractivity contribution in [1.82, 2.24) is 0 Å². The predicted molar refractivity (Wildman–Crippen MR) is 88.5 cm³/mol. The number of Topliss-reactive ketones (excluding diaryl/α,β-unsaturated/α-hetero) is 1. The number of sulfone groups is 1. The van der Waals surface area contributed by atoms with E-state index < -0.39 is 14.6 Å². The number of carbonyl (C=O) groups is 1. The van der Waals surface area contributed by atoms with Crippen LogP contribution in [0.3, 0.4) is 0 Å². The zero-order chi connectivity index (χ0) is 16.2. The Morgan fingerprint density at radius 3 is 1.50 bits per heavy atom. The quantitative estimate of drug-likeness (QED) is 0.823. The molecule has 0 unspecified atom stereocenters. The molecular weight excluding hydrogens is 296 g/mol. The largest absolute Gasteiger partial charge is 0.298 e. The van der Waals surface area contributed by atoms with Gasteiger partial charge >= 0.3 is 0 Å². The van der Waals surface area contributed by atoms with Crippen molar-refractivity contribution in [1.29, 1.82) is 0 Å². The standard InChI is InChI=1S/C18H20O3S/c1-15(19)18(22(2,20)21,13-16-9-5-3-6-10-16)14-17-11-7-4-8-12-17/h3-12H,13-14H2,1-2H3. The molecule has 0 N–H and O–H groups in total. The lowest BCUT2D eigenvalue weighted by Crippen LogP contribution is -2.48. The van der Waals surface area contributed by atoms with Crippen LogP contribution in [0.5, 0.6) is 0 Å². The molecular formula is C18H20O3S. The van der Waals surface area contributed by atoms with Crippen LogP contribution in [0.4, 0.5) is 0 Å². The Morgan fingerprint density at radius 1 is 0.864 bits per heavy atom. The highest BCUT2D eigenvalue weighted by Gasteiger charge is 2.45. The summed E-state index contributed by atoms with van der Waals surface area (Å²) in [4.78, 5) is 12.3. The SMILES string of the molecule is CC(=O)C(Cc1ccccc1)(Cc1ccccc1)S(C)(=O)=O.